The maximum atomic E-state index is 13.2. The van der Waals surface area contributed by atoms with E-state index < -0.39 is 30.0 Å². The molecule has 1 heterocycles. The fourth-order valence-corrected chi connectivity index (χ4v) is 3.61. The van der Waals surface area contributed by atoms with E-state index in [-0.39, 0.29) is 43.1 Å². The van der Waals surface area contributed by atoms with Crippen molar-refractivity contribution in [1.29, 1.82) is 0 Å². The Kier molecular flexibility index (Phi) is 10.6. The Morgan fingerprint density at radius 1 is 0.857 bits per heavy atom. The number of alkyl halides is 3. The van der Waals surface area contributed by atoms with Gasteiger partial charge in [0.25, 0.3) is 0 Å². The van der Waals surface area contributed by atoms with Crippen molar-refractivity contribution >= 4 is 11.9 Å². The second kappa shape index (κ2) is 13.1. The van der Waals surface area contributed by atoms with Gasteiger partial charge in [0.15, 0.2) is 0 Å². The number of benzene rings is 1. The van der Waals surface area contributed by atoms with Crippen LogP contribution in [0.1, 0.15) is 39.2 Å². The fourth-order valence-electron chi connectivity index (χ4n) is 3.61. The number of nitrogens with one attached hydrogen (secondary N) is 1. The van der Waals surface area contributed by atoms with Gasteiger partial charge in [0, 0.05) is 30.2 Å². The van der Waals surface area contributed by atoms with Crippen LogP contribution in [0.25, 0.3) is 0 Å². The summed E-state index contributed by atoms with van der Waals surface area (Å²) in [5.41, 5.74) is 0.519. The standard InChI is InChI=1S/C24H30F3NO7/c1-5-31-11-13-33-22(29)19-15(3)28-16(4)20(23(30)34-14-12-32-6-2)21(19)17-9-7-8-10-18(17)35-24(25,26)27/h7-10,21,28H,5-6,11-14H2,1-4H3. The third-order valence-corrected chi connectivity index (χ3v) is 4.99. The first kappa shape index (κ1) is 28.2. The molecule has 1 aliphatic heterocycles. The highest BCUT2D eigenvalue weighted by atomic mass is 19.4. The molecule has 1 aliphatic rings. The number of para-hydroxylation sites is 1. The van der Waals surface area contributed by atoms with Crippen molar-refractivity contribution in [2.75, 3.05) is 39.6 Å². The van der Waals surface area contributed by atoms with Gasteiger partial charge < -0.3 is 29.0 Å². The van der Waals surface area contributed by atoms with Gasteiger partial charge in [-0.2, -0.15) is 0 Å². The molecule has 0 unspecified atom stereocenters. The van der Waals surface area contributed by atoms with Crippen LogP contribution < -0.4 is 10.1 Å². The monoisotopic (exact) mass is 501 g/mol. The van der Waals surface area contributed by atoms with E-state index in [0.29, 0.717) is 24.6 Å². The van der Waals surface area contributed by atoms with E-state index in [4.69, 9.17) is 18.9 Å². The molecular formula is C24H30F3NO7. The molecule has 0 atom stereocenters. The number of halogens is 3. The number of esters is 2. The van der Waals surface area contributed by atoms with Gasteiger partial charge in [-0.3, -0.25) is 0 Å². The summed E-state index contributed by atoms with van der Waals surface area (Å²) in [4.78, 5) is 26.2. The van der Waals surface area contributed by atoms with Crippen molar-refractivity contribution in [2.24, 2.45) is 0 Å². The van der Waals surface area contributed by atoms with E-state index in [0.717, 1.165) is 6.07 Å². The van der Waals surface area contributed by atoms with Crippen LogP contribution in [0.3, 0.4) is 0 Å². The average molecular weight is 501 g/mol. The van der Waals surface area contributed by atoms with Crippen molar-refractivity contribution in [1.82, 2.24) is 5.32 Å². The lowest BCUT2D eigenvalue weighted by Gasteiger charge is -2.31. The highest BCUT2D eigenvalue weighted by Crippen LogP contribution is 2.43. The topological polar surface area (TPSA) is 92.3 Å². The van der Waals surface area contributed by atoms with Crippen LogP contribution in [0.5, 0.6) is 5.75 Å². The summed E-state index contributed by atoms with van der Waals surface area (Å²) >= 11 is 0. The number of hydrogen-bond acceptors (Lipinski definition) is 8. The lowest BCUT2D eigenvalue weighted by atomic mass is 9.80. The van der Waals surface area contributed by atoms with Gasteiger partial charge >= 0.3 is 18.3 Å². The van der Waals surface area contributed by atoms with Gasteiger partial charge in [-0.1, -0.05) is 18.2 Å². The second-order valence-electron chi connectivity index (χ2n) is 7.39. The molecule has 0 aliphatic carbocycles. The van der Waals surface area contributed by atoms with Gasteiger partial charge in [0.2, 0.25) is 0 Å². The zero-order valence-electron chi connectivity index (χ0n) is 20.1. The largest absolute Gasteiger partial charge is 0.573 e. The minimum Gasteiger partial charge on any atom is -0.460 e. The molecule has 2 rings (SSSR count). The zero-order chi connectivity index (χ0) is 26.0. The van der Waals surface area contributed by atoms with E-state index in [2.05, 4.69) is 10.1 Å². The number of ether oxygens (including phenoxy) is 5. The van der Waals surface area contributed by atoms with E-state index in [1.807, 2.05) is 0 Å². The molecule has 35 heavy (non-hydrogen) atoms. The summed E-state index contributed by atoms with van der Waals surface area (Å²) < 4.78 is 64.7. The van der Waals surface area contributed by atoms with Crippen molar-refractivity contribution in [3.63, 3.8) is 0 Å². The predicted octanol–water partition coefficient (Wildman–Crippen LogP) is 3.98. The number of dihydropyridines is 1. The van der Waals surface area contributed by atoms with E-state index >= 15 is 0 Å². The SMILES string of the molecule is CCOCCOC(=O)C1=C(C)NC(C)=C(C(=O)OCCOCC)C1c1ccccc1OC(F)(F)F. The van der Waals surface area contributed by atoms with Crippen LogP contribution in [0.15, 0.2) is 46.8 Å². The maximum absolute atomic E-state index is 13.2. The molecule has 0 amide bonds. The molecule has 0 bridgehead atoms. The van der Waals surface area contributed by atoms with Gasteiger partial charge in [0.05, 0.1) is 30.3 Å². The summed E-state index contributed by atoms with van der Waals surface area (Å²) in [5, 5.41) is 2.94. The highest BCUT2D eigenvalue weighted by molar-refractivity contribution is 6.00. The fraction of sp³-hybridized carbons (Fsp3) is 0.500. The average Bonchev–Trinajstić information content (AvgIpc) is 2.78. The van der Waals surface area contributed by atoms with Crippen LogP contribution in [0, 0.1) is 0 Å². The molecule has 0 radical (unpaired) electrons. The Labute approximate surface area is 202 Å². The Balaban J connectivity index is 2.53. The zero-order valence-corrected chi connectivity index (χ0v) is 20.1. The number of carbonyl (C=O) groups is 2. The highest BCUT2D eigenvalue weighted by Gasteiger charge is 2.41. The predicted molar refractivity (Wildman–Crippen MR) is 119 cm³/mol. The first-order valence-electron chi connectivity index (χ1n) is 11.1. The van der Waals surface area contributed by atoms with Crippen LogP contribution >= 0.6 is 0 Å². The number of allylic oxidation sites excluding steroid dienone is 2. The van der Waals surface area contributed by atoms with Gasteiger partial charge in [-0.25, -0.2) is 9.59 Å². The first-order valence-corrected chi connectivity index (χ1v) is 11.1. The molecule has 194 valence electrons. The normalized spacial score (nSPS) is 14.6. The molecule has 1 aromatic rings. The van der Waals surface area contributed by atoms with E-state index in [1.54, 1.807) is 27.7 Å². The van der Waals surface area contributed by atoms with Gasteiger partial charge in [-0.05, 0) is 33.8 Å². The van der Waals surface area contributed by atoms with Gasteiger partial charge in [-0.15, -0.1) is 13.2 Å². The Morgan fingerprint density at radius 3 is 1.80 bits per heavy atom. The third-order valence-electron chi connectivity index (χ3n) is 4.99. The van der Waals surface area contributed by atoms with Crippen molar-refractivity contribution in [2.45, 2.75) is 40.0 Å². The molecule has 0 saturated carbocycles. The number of hydrogen-bond donors (Lipinski definition) is 1. The lowest BCUT2D eigenvalue weighted by molar-refractivity contribution is -0.274. The van der Waals surface area contributed by atoms with Crippen LogP contribution in [0.4, 0.5) is 13.2 Å². The first-order chi connectivity index (χ1) is 16.6. The smallest absolute Gasteiger partial charge is 0.460 e. The molecule has 0 spiro atoms. The van der Waals surface area contributed by atoms with Crippen LogP contribution in [0.2, 0.25) is 0 Å². The molecular weight excluding hydrogens is 471 g/mol. The summed E-state index contributed by atoms with van der Waals surface area (Å²) in [6.45, 7) is 7.68. The molecule has 1 N–H and O–H groups in total. The molecule has 0 fully saturated rings. The minimum atomic E-state index is -4.99. The Hall–Kier alpha value is -3.05. The third kappa shape index (κ3) is 8.00. The second-order valence-corrected chi connectivity index (χ2v) is 7.39. The lowest BCUT2D eigenvalue weighted by Crippen LogP contribution is -2.33. The number of rotatable bonds is 12. The van der Waals surface area contributed by atoms with Crippen molar-refractivity contribution in [3.8, 4) is 5.75 Å². The van der Waals surface area contributed by atoms with E-state index in [1.165, 1.54) is 18.2 Å². The van der Waals surface area contributed by atoms with Crippen molar-refractivity contribution < 1.29 is 46.4 Å². The Morgan fingerprint density at radius 2 is 1.34 bits per heavy atom. The maximum Gasteiger partial charge on any atom is 0.573 e. The summed E-state index contributed by atoms with van der Waals surface area (Å²) in [7, 11) is 0. The summed E-state index contributed by atoms with van der Waals surface area (Å²) in [6.07, 6.45) is -4.99. The van der Waals surface area contributed by atoms with E-state index in [9.17, 15) is 22.8 Å². The molecule has 0 aromatic heterocycles. The molecule has 1 aromatic carbocycles. The van der Waals surface area contributed by atoms with Gasteiger partial charge in [0.1, 0.15) is 19.0 Å². The Bertz CT molecular complexity index is 911. The minimum absolute atomic E-state index is 0.0397. The van der Waals surface area contributed by atoms with Crippen LogP contribution in [-0.2, 0) is 28.5 Å². The quantitative estimate of drug-likeness (QED) is 0.340. The number of carbonyl (C=O) groups excluding carboxylic acids is 2. The molecule has 0 saturated heterocycles. The molecule has 11 heteroatoms. The summed E-state index contributed by atoms with van der Waals surface area (Å²) in [5.74, 6) is -3.41. The van der Waals surface area contributed by atoms with Crippen molar-refractivity contribution in [3.05, 3.63) is 52.4 Å². The van der Waals surface area contributed by atoms with Crippen LogP contribution in [-0.4, -0.2) is 57.9 Å². The molecule has 8 nitrogen and oxygen atoms in total. The summed E-state index contributed by atoms with van der Waals surface area (Å²) in [6, 6.07) is 5.32.